The van der Waals surface area contributed by atoms with E-state index in [1.807, 2.05) is 6.92 Å². The average Bonchev–Trinajstić information content (AvgIpc) is 2.65. The Balaban J connectivity index is 0.000000245. The van der Waals surface area contributed by atoms with Crippen LogP contribution in [-0.4, -0.2) is 40.4 Å². The number of tetrazole rings is 2. The highest BCUT2D eigenvalue weighted by Crippen LogP contribution is 1.78. The van der Waals surface area contributed by atoms with Crippen LogP contribution in [0.3, 0.4) is 0 Å². The fourth-order valence-corrected chi connectivity index (χ4v) is 0.653. The van der Waals surface area contributed by atoms with Gasteiger partial charge in [-0.1, -0.05) is 7.43 Å². The topological polar surface area (TPSA) is 87.2 Å². The highest BCUT2D eigenvalue weighted by Gasteiger charge is 1.87. The number of hydrogen-bond donors (Lipinski definition) is 0. The average molecular weight is 212 g/mol. The van der Waals surface area contributed by atoms with Gasteiger partial charge in [-0.25, -0.2) is 4.68 Å². The van der Waals surface area contributed by atoms with E-state index in [1.54, 1.807) is 25.7 Å². The zero-order chi connectivity index (χ0) is 10.6. The van der Waals surface area contributed by atoms with Crippen molar-refractivity contribution in [2.75, 3.05) is 0 Å². The van der Waals surface area contributed by atoms with Crippen LogP contribution in [-0.2, 0) is 14.1 Å². The van der Waals surface area contributed by atoms with Crippen LogP contribution >= 0.6 is 0 Å². The van der Waals surface area contributed by atoms with Crippen molar-refractivity contribution in [1.82, 2.24) is 40.4 Å². The molecule has 0 atom stereocenters. The molecule has 2 aromatic heterocycles. The number of nitrogens with zero attached hydrogens (tertiary/aromatic N) is 8. The minimum absolute atomic E-state index is 0. The van der Waals surface area contributed by atoms with E-state index in [0.29, 0.717) is 5.82 Å². The fourth-order valence-electron chi connectivity index (χ4n) is 0.653. The zero-order valence-electron chi connectivity index (χ0n) is 8.58. The van der Waals surface area contributed by atoms with E-state index in [2.05, 4.69) is 30.9 Å². The van der Waals surface area contributed by atoms with Gasteiger partial charge < -0.3 is 0 Å². The summed E-state index contributed by atoms with van der Waals surface area (Å²) >= 11 is 0. The van der Waals surface area contributed by atoms with Crippen LogP contribution in [0.25, 0.3) is 0 Å². The van der Waals surface area contributed by atoms with Gasteiger partial charge in [-0.3, -0.25) is 0 Å². The van der Waals surface area contributed by atoms with Crippen molar-refractivity contribution in [2.45, 2.75) is 21.3 Å². The Labute approximate surface area is 88.3 Å². The van der Waals surface area contributed by atoms with Gasteiger partial charge in [-0.15, -0.1) is 15.3 Å². The van der Waals surface area contributed by atoms with Crippen molar-refractivity contribution in [3.05, 3.63) is 11.6 Å². The number of rotatable bonds is 0. The molecule has 0 aliphatic carbocycles. The molecule has 0 bridgehead atoms. The number of aryl methyl sites for hydroxylation is 4. The van der Waals surface area contributed by atoms with Crippen LogP contribution in [0.5, 0.6) is 0 Å². The van der Waals surface area contributed by atoms with Crippen molar-refractivity contribution < 1.29 is 0 Å². The number of aromatic nitrogens is 8. The van der Waals surface area contributed by atoms with Gasteiger partial charge in [0.05, 0.1) is 7.05 Å². The highest BCUT2D eigenvalue weighted by molar-refractivity contribution is 4.69. The summed E-state index contributed by atoms with van der Waals surface area (Å²) in [6, 6.07) is 0. The molecule has 0 aliphatic heterocycles. The van der Waals surface area contributed by atoms with Crippen LogP contribution in [0.1, 0.15) is 19.1 Å². The SMILES string of the molecule is C.Cc1nnn(C)n1.Cc1nnnn1C. The van der Waals surface area contributed by atoms with Gasteiger partial charge in [-0.2, -0.15) is 4.80 Å². The first-order chi connectivity index (χ1) is 6.59. The second-order valence-corrected chi connectivity index (χ2v) is 2.68. The second kappa shape index (κ2) is 5.78. The Morgan fingerprint density at radius 3 is 1.80 bits per heavy atom. The fraction of sp³-hybridized carbons (Fsp3) is 0.714. The molecule has 0 unspecified atom stereocenters. The quantitative estimate of drug-likeness (QED) is 0.594. The van der Waals surface area contributed by atoms with E-state index < -0.39 is 0 Å². The van der Waals surface area contributed by atoms with Gasteiger partial charge in [-0.05, 0) is 29.5 Å². The van der Waals surface area contributed by atoms with Crippen molar-refractivity contribution in [3.63, 3.8) is 0 Å². The van der Waals surface area contributed by atoms with E-state index in [9.17, 15) is 0 Å². The molecular weight excluding hydrogens is 196 g/mol. The summed E-state index contributed by atoms with van der Waals surface area (Å²) in [5, 5.41) is 21.6. The lowest BCUT2D eigenvalue weighted by molar-refractivity contribution is 0.629. The van der Waals surface area contributed by atoms with Crippen LogP contribution in [0.2, 0.25) is 0 Å². The molecule has 0 spiro atoms. The molecule has 84 valence electrons. The second-order valence-electron chi connectivity index (χ2n) is 2.68. The summed E-state index contributed by atoms with van der Waals surface area (Å²) in [5.74, 6) is 1.54. The first-order valence-corrected chi connectivity index (χ1v) is 3.99. The third-order valence-electron chi connectivity index (χ3n) is 1.44. The van der Waals surface area contributed by atoms with Gasteiger partial charge in [0.25, 0.3) is 0 Å². The third kappa shape index (κ3) is 4.25. The van der Waals surface area contributed by atoms with Gasteiger partial charge in [0, 0.05) is 7.05 Å². The largest absolute Gasteiger partial charge is 0.233 e. The third-order valence-corrected chi connectivity index (χ3v) is 1.44. The molecule has 8 nitrogen and oxygen atoms in total. The minimum Gasteiger partial charge on any atom is -0.233 e. The smallest absolute Gasteiger partial charge is 0.171 e. The Hall–Kier alpha value is -1.86. The van der Waals surface area contributed by atoms with Crippen LogP contribution < -0.4 is 0 Å². The maximum atomic E-state index is 3.81. The van der Waals surface area contributed by atoms with E-state index >= 15 is 0 Å². The molecule has 0 radical (unpaired) electrons. The summed E-state index contributed by atoms with van der Waals surface area (Å²) in [5.41, 5.74) is 0. The summed E-state index contributed by atoms with van der Waals surface area (Å²) in [4.78, 5) is 1.43. The highest BCUT2D eigenvalue weighted by atomic mass is 15.6. The van der Waals surface area contributed by atoms with Gasteiger partial charge in [0.1, 0.15) is 5.82 Å². The maximum Gasteiger partial charge on any atom is 0.171 e. The molecule has 0 fully saturated rings. The molecule has 2 aromatic rings. The molecule has 0 N–H and O–H groups in total. The lowest BCUT2D eigenvalue weighted by Crippen LogP contribution is -1.92. The van der Waals surface area contributed by atoms with Crippen LogP contribution in [0.15, 0.2) is 0 Å². The van der Waals surface area contributed by atoms with Gasteiger partial charge in [0.2, 0.25) is 0 Å². The van der Waals surface area contributed by atoms with Crippen LogP contribution in [0, 0.1) is 13.8 Å². The first kappa shape index (κ1) is 13.1. The van der Waals surface area contributed by atoms with E-state index in [4.69, 9.17) is 0 Å². The van der Waals surface area contributed by atoms with Crippen molar-refractivity contribution >= 4 is 0 Å². The Morgan fingerprint density at radius 1 is 1.00 bits per heavy atom. The monoisotopic (exact) mass is 212 g/mol. The summed E-state index contributed by atoms with van der Waals surface area (Å²) in [6.07, 6.45) is 0. The normalized spacial score (nSPS) is 8.80. The van der Waals surface area contributed by atoms with Crippen molar-refractivity contribution in [1.29, 1.82) is 0 Å². The lowest BCUT2D eigenvalue weighted by atomic mass is 10.7. The van der Waals surface area contributed by atoms with E-state index in [1.165, 1.54) is 4.80 Å². The molecule has 0 saturated heterocycles. The predicted molar refractivity (Wildman–Crippen MR) is 53.8 cm³/mol. The molecular formula is C7H16N8. The molecule has 0 aromatic carbocycles. The Kier molecular flexibility index (Phi) is 5.07. The summed E-state index contributed by atoms with van der Waals surface area (Å²) < 4.78 is 1.61. The van der Waals surface area contributed by atoms with Crippen molar-refractivity contribution in [3.8, 4) is 0 Å². The molecule has 0 aliphatic rings. The van der Waals surface area contributed by atoms with Gasteiger partial charge >= 0.3 is 0 Å². The molecule has 8 heteroatoms. The maximum absolute atomic E-state index is 3.81. The lowest BCUT2D eigenvalue weighted by Gasteiger charge is -1.81. The standard InChI is InChI=1S/2C3H6N4.CH4/c1-3-4-5-6-7(3)2;1-3-4-6-7(2)5-3;/h2*1-2H3;1H4. The molecule has 0 amide bonds. The molecule has 0 saturated carbocycles. The van der Waals surface area contributed by atoms with E-state index in [0.717, 1.165) is 5.82 Å². The van der Waals surface area contributed by atoms with E-state index in [-0.39, 0.29) is 7.43 Å². The molecule has 15 heavy (non-hydrogen) atoms. The summed E-state index contributed by atoms with van der Waals surface area (Å²) in [6.45, 7) is 3.65. The van der Waals surface area contributed by atoms with Crippen molar-refractivity contribution in [2.24, 2.45) is 14.1 Å². The minimum atomic E-state index is 0. The predicted octanol–water partition coefficient (Wildman–Crippen LogP) is -0.327. The Bertz CT molecular complexity index is 356. The molecule has 2 rings (SSSR count). The zero-order valence-corrected chi connectivity index (χ0v) is 8.58. The Morgan fingerprint density at radius 2 is 1.67 bits per heavy atom. The number of hydrogen-bond acceptors (Lipinski definition) is 6. The summed E-state index contributed by atoms with van der Waals surface area (Å²) in [7, 11) is 3.54. The van der Waals surface area contributed by atoms with Gasteiger partial charge in [0.15, 0.2) is 5.82 Å². The van der Waals surface area contributed by atoms with Crippen LogP contribution in [0.4, 0.5) is 0 Å². The first-order valence-electron chi connectivity index (χ1n) is 3.99. The molecule has 2 heterocycles.